The van der Waals surface area contributed by atoms with E-state index >= 15 is 0 Å². The Balaban J connectivity index is 2.14. The number of aromatic nitrogens is 1. The first kappa shape index (κ1) is 32.1. The fraction of sp³-hybridized carbons (Fsp3) is 0.440. The van der Waals surface area contributed by atoms with Crippen LogP contribution in [-0.4, -0.2) is 92.1 Å². The number of nitrogens with one attached hydrogen (secondary N) is 4. The third-order valence-electron chi connectivity index (χ3n) is 5.97. The molecule has 1 aromatic heterocycles. The zero-order valence-corrected chi connectivity index (χ0v) is 22.5. The summed E-state index contributed by atoms with van der Waals surface area (Å²) in [6, 6.07) is 1.74. The van der Waals surface area contributed by atoms with E-state index in [0.29, 0.717) is 5.75 Å². The van der Waals surface area contributed by atoms with Crippen LogP contribution in [0.4, 0.5) is 0 Å². The molecule has 1 heterocycles. The Kier molecular flexibility index (Phi) is 12.4. The van der Waals surface area contributed by atoms with E-state index in [2.05, 4.69) is 20.9 Å². The maximum absolute atomic E-state index is 13.0. The van der Waals surface area contributed by atoms with Gasteiger partial charge in [0.25, 0.3) is 0 Å². The molecule has 0 spiro atoms. The van der Waals surface area contributed by atoms with E-state index in [1.54, 1.807) is 12.5 Å². The van der Waals surface area contributed by atoms with Gasteiger partial charge in [0.1, 0.15) is 18.1 Å². The number of aliphatic carboxylic acids is 3. The van der Waals surface area contributed by atoms with Crippen LogP contribution in [0.1, 0.15) is 31.2 Å². The average molecular weight is 580 g/mol. The quantitative estimate of drug-likeness (QED) is 0.121. The molecule has 0 aliphatic heterocycles. The lowest BCUT2D eigenvalue weighted by molar-refractivity contribution is -0.143. The SMILES string of the molecule is CSCCC(NC(=O)C(CCC(=O)O)NC(=O)C(CC(=O)O)NC(=O)C(N)Cc1c[nH]c2ccccc12)C(=O)O. The topological polar surface area (TPSA) is 241 Å². The molecular weight excluding hydrogens is 546 g/mol. The number of thioether (sulfide) groups is 1. The highest BCUT2D eigenvalue weighted by molar-refractivity contribution is 7.98. The molecule has 0 aliphatic carbocycles. The summed E-state index contributed by atoms with van der Waals surface area (Å²) in [6.07, 6.45) is 1.79. The Hall–Kier alpha value is -4.11. The van der Waals surface area contributed by atoms with Gasteiger partial charge in [0, 0.05) is 23.5 Å². The van der Waals surface area contributed by atoms with Crippen LogP contribution >= 0.6 is 11.8 Å². The normalized spacial score (nSPS) is 13.9. The van der Waals surface area contributed by atoms with Crippen LogP contribution in [0.25, 0.3) is 10.9 Å². The molecule has 0 saturated carbocycles. The minimum absolute atomic E-state index is 0.0769. The number of hydrogen-bond donors (Lipinski definition) is 8. The first-order valence-corrected chi connectivity index (χ1v) is 13.7. The Bertz CT molecular complexity index is 1230. The number of nitrogens with two attached hydrogens (primary N) is 1. The Morgan fingerprint density at radius 2 is 1.50 bits per heavy atom. The van der Waals surface area contributed by atoms with E-state index in [1.165, 1.54) is 11.8 Å². The highest BCUT2D eigenvalue weighted by Crippen LogP contribution is 2.19. The van der Waals surface area contributed by atoms with Gasteiger partial charge < -0.3 is 42.0 Å². The molecular formula is C25H33N5O9S. The standard InChI is InChI=1S/C25H33N5O9S/c1-40-9-8-18(25(38)39)29-23(36)17(6-7-20(31)32)28-24(37)19(11-21(33)34)30-22(35)15(26)10-13-12-27-16-5-3-2-4-14(13)16/h2-5,12,15,17-19,27H,6-11,26H2,1H3,(H,28,37)(H,29,36)(H,30,35)(H,31,32)(H,33,34)(H,38,39). The van der Waals surface area contributed by atoms with Crippen molar-refractivity contribution in [2.24, 2.45) is 5.73 Å². The van der Waals surface area contributed by atoms with Gasteiger partial charge in [0.05, 0.1) is 12.5 Å². The van der Waals surface area contributed by atoms with Crippen LogP contribution in [0.15, 0.2) is 30.5 Å². The largest absolute Gasteiger partial charge is 0.481 e. The molecule has 4 unspecified atom stereocenters. The number of benzene rings is 1. The summed E-state index contributed by atoms with van der Waals surface area (Å²) in [6.45, 7) is 0. The first-order valence-electron chi connectivity index (χ1n) is 12.3. The van der Waals surface area contributed by atoms with Gasteiger partial charge in [0.15, 0.2) is 0 Å². The molecule has 218 valence electrons. The Morgan fingerprint density at radius 3 is 2.12 bits per heavy atom. The van der Waals surface area contributed by atoms with Crippen LogP contribution in [0, 0.1) is 0 Å². The molecule has 0 bridgehead atoms. The molecule has 0 fully saturated rings. The molecule has 1 aromatic carbocycles. The molecule has 9 N–H and O–H groups in total. The zero-order valence-electron chi connectivity index (χ0n) is 21.7. The number of rotatable bonds is 17. The second-order valence-corrected chi connectivity index (χ2v) is 9.99. The van der Waals surface area contributed by atoms with Crippen LogP contribution in [0.5, 0.6) is 0 Å². The van der Waals surface area contributed by atoms with E-state index < -0.39 is 79.1 Å². The van der Waals surface area contributed by atoms with Gasteiger partial charge in [-0.3, -0.25) is 24.0 Å². The number of carbonyl (C=O) groups is 6. The van der Waals surface area contributed by atoms with Crippen molar-refractivity contribution < 1.29 is 44.1 Å². The molecule has 4 atom stereocenters. The average Bonchev–Trinajstić information content (AvgIpc) is 3.30. The third kappa shape index (κ3) is 9.89. The lowest BCUT2D eigenvalue weighted by Gasteiger charge is -2.24. The number of carboxylic acids is 3. The number of carboxylic acid groups (broad SMARTS) is 3. The van der Waals surface area contributed by atoms with E-state index in [4.69, 9.17) is 10.8 Å². The number of fused-ring (bicyclic) bond motifs is 1. The molecule has 2 aromatic rings. The number of para-hydroxylation sites is 1. The van der Waals surface area contributed by atoms with Gasteiger partial charge in [-0.05, 0) is 42.9 Å². The van der Waals surface area contributed by atoms with Gasteiger partial charge >= 0.3 is 17.9 Å². The zero-order chi connectivity index (χ0) is 29.8. The van der Waals surface area contributed by atoms with Crippen molar-refractivity contribution in [3.8, 4) is 0 Å². The van der Waals surface area contributed by atoms with Crippen LogP contribution < -0.4 is 21.7 Å². The van der Waals surface area contributed by atoms with Crippen molar-refractivity contribution in [2.45, 2.75) is 56.3 Å². The number of amides is 3. The van der Waals surface area contributed by atoms with Crippen molar-refractivity contribution in [1.82, 2.24) is 20.9 Å². The molecule has 14 nitrogen and oxygen atoms in total. The van der Waals surface area contributed by atoms with Gasteiger partial charge in [-0.1, -0.05) is 18.2 Å². The number of hydrogen-bond acceptors (Lipinski definition) is 8. The van der Waals surface area contributed by atoms with Crippen molar-refractivity contribution in [3.63, 3.8) is 0 Å². The van der Waals surface area contributed by atoms with E-state index in [9.17, 15) is 39.0 Å². The monoisotopic (exact) mass is 579 g/mol. The summed E-state index contributed by atoms with van der Waals surface area (Å²) in [5.74, 6) is -6.46. The number of aromatic amines is 1. The molecule has 3 amide bonds. The van der Waals surface area contributed by atoms with E-state index in [-0.39, 0.29) is 12.8 Å². The predicted molar refractivity (Wildman–Crippen MR) is 146 cm³/mol. The van der Waals surface area contributed by atoms with Gasteiger partial charge in [0.2, 0.25) is 17.7 Å². The number of H-pyrrole nitrogens is 1. The molecule has 0 radical (unpaired) electrons. The summed E-state index contributed by atoms with van der Waals surface area (Å²) in [5, 5.41) is 35.4. The summed E-state index contributed by atoms with van der Waals surface area (Å²) in [7, 11) is 0. The summed E-state index contributed by atoms with van der Waals surface area (Å²) in [4.78, 5) is 75.7. The second kappa shape index (κ2) is 15.5. The highest BCUT2D eigenvalue weighted by atomic mass is 32.2. The fourth-order valence-corrected chi connectivity index (χ4v) is 4.34. The van der Waals surface area contributed by atoms with Crippen LogP contribution in [-0.2, 0) is 35.2 Å². The highest BCUT2D eigenvalue weighted by Gasteiger charge is 2.31. The Morgan fingerprint density at radius 1 is 0.875 bits per heavy atom. The van der Waals surface area contributed by atoms with Crippen molar-refractivity contribution in [1.29, 1.82) is 0 Å². The molecule has 0 saturated heterocycles. The first-order chi connectivity index (χ1) is 18.9. The molecule has 15 heteroatoms. The van der Waals surface area contributed by atoms with Crippen molar-refractivity contribution >= 4 is 58.3 Å². The fourth-order valence-electron chi connectivity index (χ4n) is 3.87. The minimum Gasteiger partial charge on any atom is -0.481 e. The van der Waals surface area contributed by atoms with E-state index in [1.807, 2.05) is 24.3 Å². The lowest BCUT2D eigenvalue weighted by atomic mass is 10.0. The van der Waals surface area contributed by atoms with Gasteiger partial charge in [-0.25, -0.2) is 4.79 Å². The third-order valence-corrected chi connectivity index (χ3v) is 6.61. The van der Waals surface area contributed by atoms with Crippen molar-refractivity contribution in [2.75, 3.05) is 12.0 Å². The lowest BCUT2D eigenvalue weighted by Crippen LogP contribution is -2.57. The van der Waals surface area contributed by atoms with Crippen LogP contribution in [0.2, 0.25) is 0 Å². The smallest absolute Gasteiger partial charge is 0.326 e. The summed E-state index contributed by atoms with van der Waals surface area (Å²) < 4.78 is 0. The number of carbonyl (C=O) groups excluding carboxylic acids is 3. The maximum Gasteiger partial charge on any atom is 0.326 e. The van der Waals surface area contributed by atoms with Gasteiger partial charge in [-0.15, -0.1) is 0 Å². The molecule has 0 aliphatic rings. The van der Waals surface area contributed by atoms with Gasteiger partial charge in [-0.2, -0.15) is 11.8 Å². The predicted octanol–water partition coefficient (Wildman–Crippen LogP) is -0.331. The van der Waals surface area contributed by atoms with E-state index in [0.717, 1.165) is 16.5 Å². The second-order valence-electron chi connectivity index (χ2n) is 9.00. The molecule has 2 rings (SSSR count). The summed E-state index contributed by atoms with van der Waals surface area (Å²) in [5.41, 5.74) is 7.61. The maximum atomic E-state index is 13.0. The summed E-state index contributed by atoms with van der Waals surface area (Å²) >= 11 is 1.36. The minimum atomic E-state index is -1.65. The Labute approximate surface area is 233 Å². The van der Waals surface area contributed by atoms with Crippen molar-refractivity contribution in [3.05, 3.63) is 36.0 Å². The molecule has 40 heavy (non-hydrogen) atoms. The van der Waals surface area contributed by atoms with Crippen LogP contribution in [0.3, 0.4) is 0 Å².